The molecule has 154 valence electrons. The highest BCUT2D eigenvalue weighted by Gasteiger charge is 2.26. The number of amides is 1. The van der Waals surface area contributed by atoms with E-state index in [4.69, 9.17) is 30.5 Å². The molecule has 2 aromatic carbocycles. The molecule has 1 aliphatic heterocycles. The molecule has 1 amide bonds. The SMILES string of the molecule is COCOc1cc(OCOC)c(C(=O)N2CCc3cc(C=O)ccc3C2)cc1Cl. The number of fused-ring (bicyclic) bond motifs is 1. The highest BCUT2D eigenvalue weighted by Crippen LogP contribution is 2.34. The minimum Gasteiger partial charge on any atom is -0.467 e. The normalized spacial score (nSPS) is 13.0. The molecule has 0 saturated carbocycles. The van der Waals surface area contributed by atoms with Gasteiger partial charge in [0.1, 0.15) is 17.8 Å². The highest BCUT2D eigenvalue weighted by atomic mass is 35.5. The van der Waals surface area contributed by atoms with Gasteiger partial charge in [-0.15, -0.1) is 0 Å². The predicted molar refractivity (Wildman–Crippen MR) is 107 cm³/mol. The number of methoxy groups -OCH3 is 2. The second-order valence-corrected chi connectivity index (χ2v) is 6.91. The van der Waals surface area contributed by atoms with Crippen molar-refractivity contribution in [3.63, 3.8) is 0 Å². The Balaban J connectivity index is 1.87. The Morgan fingerprint density at radius 3 is 2.48 bits per heavy atom. The topological polar surface area (TPSA) is 74.3 Å². The Kier molecular flexibility index (Phi) is 7.09. The molecule has 0 aliphatic carbocycles. The molecule has 1 aliphatic rings. The van der Waals surface area contributed by atoms with E-state index < -0.39 is 0 Å². The number of hydrogen-bond acceptors (Lipinski definition) is 6. The van der Waals surface area contributed by atoms with Crippen molar-refractivity contribution in [2.75, 3.05) is 34.4 Å². The minimum atomic E-state index is -0.207. The average Bonchev–Trinajstić information content (AvgIpc) is 2.75. The van der Waals surface area contributed by atoms with Crippen LogP contribution in [0.1, 0.15) is 31.8 Å². The summed E-state index contributed by atoms with van der Waals surface area (Å²) in [6, 6.07) is 8.60. The summed E-state index contributed by atoms with van der Waals surface area (Å²) in [7, 11) is 3.00. The molecular formula is C21H22ClNO6. The van der Waals surface area contributed by atoms with E-state index in [1.807, 2.05) is 12.1 Å². The lowest BCUT2D eigenvalue weighted by Gasteiger charge is -2.29. The van der Waals surface area contributed by atoms with E-state index in [1.54, 1.807) is 17.0 Å². The lowest BCUT2D eigenvalue weighted by molar-refractivity contribution is 0.0448. The fourth-order valence-electron chi connectivity index (χ4n) is 3.17. The summed E-state index contributed by atoms with van der Waals surface area (Å²) in [4.78, 5) is 25.9. The van der Waals surface area contributed by atoms with Crippen molar-refractivity contribution in [3.05, 3.63) is 57.6 Å². The number of rotatable bonds is 8. The first-order valence-corrected chi connectivity index (χ1v) is 9.38. The molecule has 7 nitrogen and oxygen atoms in total. The van der Waals surface area contributed by atoms with E-state index >= 15 is 0 Å². The number of ether oxygens (including phenoxy) is 4. The maximum atomic E-state index is 13.2. The maximum absolute atomic E-state index is 13.2. The summed E-state index contributed by atoms with van der Waals surface area (Å²) >= 11 is 6.30. The van der Waals surface area contributed by atoms with Gasteiger partial charge in [0.25, 0.3) is 5.91 Å². The number of aldehydes is 1. The first kappa shape index (κ1) is 21.1. The number of benzene rings is 2. The average molecular weight is 420 g/mol. The van der Waals surface area contributed by atoms with Crippen LogP contribution < -0.4 is 9.47 Å². The van der Waals surface area contributed by atoms with Crippen LogP contribution in [-0.4, -0.2) is 51.4 Å². The summed E-state index contributed by atoms with van der Waals surface area (Å²) in [6.07, 6.45) is 1.49. The zero-order valence-corrected chi connectivity index (χ0v) is 17.0. The number of hydrogen-bond donors (Lipinski definition) is 0. The maximum Gasteiger partial charge on any atom is 0.257 e. The Hall–Kier alpha value is -2.61. The molecule has 3 rings (SSSR count). The van der Waals surface area contributed by atoms with Gasteiger partial charge in [0.05, 0.1) is 10.6 Å². The van der Waals surface area contributed by atoms with E-state index in [9.17, 15) is 9.59 Å². The number of carbonyl (C=O) groups excluding carboxylic acids is 2. The van der Waals surface area contributed by atoms with E-state index in [2.05, 4.69) is 0 Å². The largest absolute Gasteiger partial charge is 0.467 e. The van der Waals surface area contributed by atoms with Gasteiger partial charge in [0.15, 0.2) is 13.6 Å². The summed E-state index contributed by atoms with van der Waals surface area (Å²) in [5.41, 5.74) is 3.05. The lowest BCUT2D eigenvalue weighted by Crippen LogP contribution is -2.36. The van der Waals surface area contributed by atoms with Crippen LogP contribution in [0.15, 0.2) is 30.3 Å². The molecule has 0 fully saturated rings. The van der Waals surface area contributed by atoms with Crippen LogP contribution in [0.2, 0.25) is 5.02 Å². The summed E-state index contributed by atoms with van der Waals surface area (Å²) < 4.78 is 20.9. The van der Waals surface area contributed by atoms with Crippen LogP contribution in [0, 0.1) is 0 Å². The molecule has 0 unspecified atom stereocenters. The molecular weight excluding hydrogens is 398 g/mol. The van der Waals surface area contributed by atoms with Crippen LogP contribution in [0.4, 0.5) is 0 Å². The lowest BCUT2D eigenvalue weighted by atomic mass is 9.97. The second-order valence-electron chi connectivity index (χ2n) is 6.50. The van der Waals surface area contributed by atoms with Crippen LogP contribution in [0.3, 0.4) is 0 Å². The standard InChI is InChI=1S/C21H22ClNO6/c1-26-12-28-19-9-20(29-13-27-2)18(22)8-17(19)21(25)23-6-5-15-7-14(11-24)3-4-16(15)10-23/h3-4,7-9,11H,5-6,10,12-13H2,1-2H3. The van der Waals surface area contributed by atoms with Gasteiger partial charge in [-0.05, 0) is 29.7 Å². The van der Waals surface area contributed by atoms with Crippen molar-refractivity contribution in [1.82, 2.24) is 4.90 Å². The predicted octanol–water partition coefficient (Wildman–Crippen LogP) is 3.32. The fraction of sp³-hybridized carbons (Fsp3) is 0.333. The molecule has 0 atom stereocenters. The van der Waals surface area contributed by atoms with E-state index in [0.29, 0.717) is 42.1 Å². The molecule has 0 saturated heterocycles. The minimum absolute atomic E-state index is 0.0163. The van der Waals surface area contributed by atoms with Crippen LogP contribution in [0.25, 0.3) is 0 Å². The first-order valence-electron chi connectivity index (χ1n) is 9.00. The molecule has 29 heavy (non-hydrogen) atoms. The van der Waals surface area contributed by atoms with Gasteiger partial charge >= 0.3 is 0 Å². The zero-order chi connectivity index (χ0) is 20.8. The van der Waals surface area contributed by atoms with Crippen molar-refractivity contribution in [2.45, 2.75) is 13.0 Å². The monoisotopic (exact) mass is 419 g/mol. The quantitative estimate of drug-likeness (QED) is 0.482. The van der Waals surface area contributed by atoms with Crippen molar-refractivity contribution < 1.29 is 28.5 Å². The molecule has 1 heterocycles. The van der Waals surface area contributed by atoms with Gasteiger partial charge < -0.3 is 23.8 Å². The van der Waals surface area contributed by atoms with Crippen LogP contribution in [-0.2, 0) is 22.4 Å². The first-order chi connectivity index (χ1) is 14.1. The van der Waals surface area contributed by atoms with E-state index in [-0.39, 0.29) is 24.5 Å². The van der Waals surface area contributed by atoms with Gasteiger partial charge in [-0.1, -0.05) is 23.7 Å². The Morgan fingerprint density at radius 1 is 1.07 bits per heavy atom. The molecule has 0 aromatic heterocycles. The van der Waals surface area contributed by atoms with Crippen LogP contribution in [0.5, 0.6) is 11.5 Å². The molecule has 8 heteroatoms. The van der Waals surface area contributed by atoms with Gasteiger partial charge in [-0.2, -0.15) is 0 Å². The number of halogens is 1. The number of nitrogens with zero attached hydrogens (tertiary/aromatic N) is 1. The Bertz CT molecular complexity index is 901. The smallest absolute Gasteiger partial charge is 0.257 e. The van der Waals surface area contributed by atoms with Gasteiger partial charge in [-0.3, -0.25) is 9.59 Å². The van der Waals surface area contributed by atoms with Crippen LogP contribution >= 0.6 is 11.6 Å². The fourth-order valence-corrected chi connectivity index (χ4v) is 3.38. The molecule has 2 aromatic rings. The number of carbonyl (C=O) groups is 2. The van der Waals surface area contributed by atoms with Gasteiger partial charge in [0, 0.05) is 38.9 Å². The third-order valence-corrected chi connectivity index (χ3v) is 4.89. The van der Waals surface area contributed by atoms with Crippen molar-refractivity contribution >= 4 is 23.8 Å². The summed E-state index contributed by atoms with van der Waals surface area (Å²) in [6.45, 7) is 0.958. The Morgan fingerprint density at radius 2 is 1.79 bits per heavy atom. The second kappa shape index (κ2) is 9.73. The molecule has 0 radical (unpaired) electrons. The van der Waals surface area contributed by atoms with Gasteiger partial charge in [-0.25, -0.2) is 0 Å². The zero-order valence-electron chi connectivity index (χ0n) is 16.3. The third-order valence-electron chi connectivity index (χ3n) is 4.59. The molecule has 0 N–H and O–H groups in total. The third kappa shape index (κ3) is 4.87. The summed E-state index contributed by atoms with van der Waals surface area (Å²) in [5, 5.41) is 0.281. The summed E-state index contributed by atoms with van der Waals surface area (Å²) in [5.74, 6) is 0.456. The van der Waals surface area contributed by atoms with E-state index in [1.165, 1.54) is 20.3 Å². The van der Waals surface area contributed by atoms with E-state index in [0.717, 1.165) is 17.4 Å². The molecule has 0 spiro atoms. The van der Waals surface area contributed by atoms with Crippen molar-refractivity contribution in [3.8, 4) is 11.5 Å². The highest BCUT2D eigenvalue weighted by molar-refractivity contribution is 6.32. The van der Waals surface area contributed by atoms with Gasteiger partial charge in [0.2, 0.25) is 0 Å². The van der Waals surface area contributed by atoms with Crippen molar-refractivity contribution in [2.24, 2.45) is 0 Å². The van der Waals surface area contributed by atoms with Crippen molar-refractivity contribution in [1.29, 1.82) is 0 Å². The molecule has 0 bridgehead atoms. The Labute approximate surface area is 174 Å².